The summed E-state index contributed by atoms with van der Waals surface area (Å²) in [6, 6.07) is 4.70. The maximum atomic E-state index is 12.6. The van der Waals surface area contributed by atoms with E-state index in [0.29, 0.717) is 23.8 Å². The van der Waals surface area contributed by atoms with Gasteiger partial charge in [-0.1, -0.05) is 0 Å². The minimum atomic E-state index is -4.78. The van der Waals surface area contributed by atoms with Crippen LogP contribution in [0.5, 0.6) is 11.5 Å². The lowest BCUT2D eigenvalue weighted by Gasteiger charge is -2.34. The molecule has 32 heavy (non-hydrogen) atoms. The first kappa shape index (κ1) is 23.8. The fourth-order valence-corrected chi connectivity index (χ4v) is 3.82. The van der Waals surface area contributed by atoms with Gasteiger partial charge in [0.05, 0.1) is 18.8 Å². The van der Waals surface area contributed by atoms with Gasteiger partial charge in [0.2, 0.25) is 0 Å². The second-order valence-electron chi connectivity index (χ2n) is 7.18. The Balaban J connectivity index is 1.43. The summed E-state index contributed by atoms with van der Waals surface area (Å²) in [6.45, 7) is 4.59. The number of carbonyl (C=O) groups is 2. The highest BCUT2D eigenvalue weighted by atomic mass is 32.1. The van der Waals surface area contributed by atoms with Crippen LogP contribution >= 0.6 is 11.3 Å². The number of alkyl halides is 3. The van der Waals surface area contributed by atoms with Crippen LogP contribution < -0.4 is 14.8 Å². The van der Waals surface area contributed by atoms with Gasteiger partial charge in [-0.15, -0.1) is 24.5 Å². The van der Waals surface area contributed by atoms with E-state index in [4.69, 9.17) is 9.47 Å². The number of amides is 2. The number of nitrogens with zero attached hydrogens (tertiary/aromatic N) is 2. The van der Waals surface area contributed by atoms with E-state index in [1.807, 2.05) is 13.8 Å². The summed E-state index contributed by atoms with van der Waals surface area (Å²) in [5.74, 6) is -0.795. The fourth-order valence-electron chi connectivity index (χ4n) is 3.11. The lowest BCUT2D eigenvalue weighted by atomic mass is 10.2. The maximum Gasteiger partial charge on any atom is 0.573 e. The average Bonchev–Trinajstić information content (AvgIpc) is 3.18. The zero-order chi connectivity index (χ0) is 23.3. The van der Waals surface area contributed by atoms with Crippen LogP contribution in [0.2, 0.25) is 0 Å². The number of thiazole rings is 1. The molecule has 0 bridgehead atoms. The van der Waals surface area contributed by atoms with E-state index in [-0.39, 0.29) is 42.8 Å². The highest BCUT2D eigenvalue weighted by molar-refractivity contribution is 7.09. The van der Waals surface area contributed by atoms with Gasteiger partial charge in [-0.2, -0.15) is 0 Å². The van der Waals surface area contributed by atoms with Crippen LogP contribution in [0.3, 0.4) is 0 Å². The molecule has 12 heteroatoms. The Hall–Kier alpha value is -2.86. The third-order valence-corrected chi connectivity index (χ3v) is 5.19. The third-order valence-electron chi connectivity index (χ3n) is 4.34. The van der Waals surface area contributed by atoms with Crippen molar-refractivity contribution in [1.82, 2.24) is 15.2 Å². The minimum absolute atomic E-state index is 0.0477. The summed E-state index contributed by atoms with van der Waals surface area (Å²) < 4.78 is 51.1. The van der Waals surface area contributed by atoms with Crippen molar-refractivity contribution in [2.45, 2.75) is 39.0 Å². The molecular formula is C20H22F3N3O5S. The van der Waals surface area contributed by atoms with Gasteiger partial charge >= 0.3 is 6.36 Å². The monoisotopic (exact) mass is 473 g/mol. The molecule has 8 nitrogen and oxygen atoms in total. The summed E-state index contributed by atoms with van der Waals surface area (Å²) in [4.78, 5) is 30.6. The van der Waals surface area contributed by atoms with E-state index in [0.717, 1.165) is 12.1 Å². The second kappa shape index (κ2) is 10.2. The van der Waals surface area contributed by atoms with E-state index >= 15 is 0 Å². The zero-order valence-electron chi connectivity index (χ0n) is 17.3. The summed E-state index contributed by atoms with van der Waals surface area (Å²) in [5.41, 5.74) is 0.318. The van der Waals surface area contributed by atoms with Crippen LogP contribution in [0.4, 0.5) is 13.2 Å². The van der Waals surface area contributed by atoms with Crippen molar-refractivity contribution in [1.29, 1.82) is 0 Å². The van der Waals surface area contributed by atoms with Crippen molar-refractivity contribution in [2.75, 3.05) is 19.7 Å². The highest BCUT2D eigenvalue weighted by Gasteiger charge is 2.31. The van der Waals surface area contributed by atoms with Gasteiger partial charge in [0.1, 0.15) is 22.2 Å². The van der Waals surface area contributed by atoms with Gasteiger partial charge in [-0.25, -0.2) is 4.98 Å². The Bertz CT molecular complexity index is 925. The Morgan fingerprint density at radius 1 is 1.19 bits per heavy atom. The van der Waals surface area contributed by atoms with Crippen LogP contribution in [0.15, 0.2) is 29.6 Å². The topological polar surface area (TPSA) is 90.0 Å². The number of hydrogen-bond acceptors (Lipinski definition) is 7. The third kappa shape index (κ3) is 7.09. The molecule has 0 spiro atoms. The molecule has 2 heterocycles. The molecule has 174 valence electrons. The van der Waals surface area contributed by atoms with Gasteiger partial charge < -0.3 is 24.4 Å². The Morgan fingerprint density at radius 2 is 1.81 bits per heavy atom. The Kier molecular flexibility index (Phi) is 7.56. The van der Waals surface area contributed by atoms with E-state index < -0.39 is 12.3 Å². The Morgan fingerprint density at radius 3 is 2.44 bits per heavy atom. The number of rotatable bonds is 7. The number of aromatic nitrogens is 1. The smallest absolute Gasteiger partial charge is 0.484 e. The minimum Gasteiger partial charge on any atom is -0.484 e. The lowest BCUT2D eigenvalue weighted by molar-refractivity contribution is -0.274. The number of hydrogen-bond donors (Lipinski definition) is 1. The number of carbonyl (C=O) groups excluding carboxylic acids is 2. The van der Waals surface area contributed by atoms with E-state index in [1.165, 1.54) is 23.5 Å². The fraction of sp³-hybridized carbons (Fsp3) is 0.450. The standard InChI is InChI=1S/C20H22F3N3O5S/c1-12-8-26(9-13(2)30-12)19(28)16-11-32-18(25-16)7-24-17(27)10-29-14-3-5-15(6-4-14)31-20(21,22)23/h3-6,11-13H,7-10H2,1-2H3,(H,24,27)/t12-,13+. The molecule has 2 aromatic rings. The molecule has 1 fully saturated rings. The van der Waals surface area contributed by atoms with Gasteiger partial charge in [-0.05, 0) is 38.1 Å². The molecule has 0 radical (unpaired) electrons. The molecule has 0 unspecified atom stereocenters. The van der Waals surface area contributed by atoms with Crippen LogP contribution in [0, 0.1) is 0 Å². The molecule has 1 aromatic heterocycles. The molecule has 1 saturated heterocycles. The number of benzene rings is 1. The molecule has 2 amide bonds. The molecule has 2 atom stereocenters. The van der Waals surface area contributed by atoms with Crippen molar-refractivity contribution in [3.63, 3.8) is 0 Å². The van der Waals surface area contributed by atoms with Crippen molar-refractivity contribution in [2.24, 2.45) is 0 Å². The maximum absolute atomic E-state index is 12.6. The molecule has 0 aliphatic carbocycles. The molecule has 1 aromatic carbocycles. The van der Waals surface area contributed by atoms with E-state index in [2.05, 4.69) is 15.0 Å². The average molecular weight is 473 g/mol. The lowest BCUT2D eigenvalue weighted by Crippen LogP contribution is -2.48. The number of morpholine rings is 1. The first-order chi connectivity index (χ1) is 15.1. The van der Waals surface area contributed by atoms with Crippen molar-refractivity contribution >= 4 is 23.2 Å². The van der Waals surface area contributed by atoms with Gasteiger partial charge in [0.15, 0.2) is 6.61 Å². The first-order valence-corrected chi connectivity index (χ1v) is 10.6. The molecule has 1 aliphatic rings. The van der Waals surface area contributed by atoms with Crippen molar-refractivity contribution in [3.05, 3.63) is 40.3 Å². The van der Waals surface area contributed by atoms with Crippen molar-refractivity contribution < 1.29 is 37.0 Å². The normalized spacial score (nSPS) is 18.8. The number of nitrogens with one attached hydrogen (secondary N) is 1. The second-order valence-corrected chi connectivity index (χ2v) is 8.12. The molecule has 0 saturated carbocycles. The van der Waals surface area contributed by atoms with E-state index in [9.17, 15) is 22.8 Å². The van der Waals surface area contributed by atoms with Crippen LogP contribution in [-0.2, 0) is 16.1 Å². The summed E-state index contributed by atoms with van der Waals surface area (Å²) in [7, 11) is 0. The Labute approximate surface area is 186 Å². The summed E-state index contributed by atoms with van der Waals surface area (Å²) in [6.07, 6.45) is -4.87. The molecule has 1 aliphatic heterocycles. The van der Waals surface area contributed by atoms with Crippen LogP contribution in [-0.4, -0.2) is 60.0 Å². The summed E-state index contributed by atoms with van der Waals surface area (Å²) >= 11 is 1.25. The summed E-state index contributed by atoms with van der Waals surface area (Å²) in [5, 5.41) is 4.83. The molecule has 1 N–H and O–H groups in total. The van der Waals surface area contributed by atoms with Crippen LogP contribution in [0.25, 0.3) is 0 Å². The SMILES string of the molecule is C[C@@H]1CN(C(=O)c2csc(CNC(=O)COc3ccc(OC(F)(F)F)cc3)n2)C[C@H](C)O1. The van der Waals surface area contributed by atoms with Gasteiger partial charge in [0.25, 0.3) is 11.8 Å². The predicted octanol–water partition coefficient (Wildman–Crippen LogP) is 2.99. The van der Waals surface area contributed by atoms with Gasteiger partial charge in [0, 0.05) is 18.5 Å². The number of halogens is 3. The first-order valence-electron chi connectivity index (χ1n) is 9.73. The highest BCUT2D eigenvalue weighted by Crippen LogP contribution is 2.24. The van der Waals surface area contributed by atoms with E-state index in [1.54, 1.807) is 10.3 Å². The number of ether oxygens (including phenoxy) is 3. The molecular weight excluding hydrogens is 451 g/mol. The van der Waals surface area contributed by atoms with Gasteiger partial charge in [-0.3, -0.25) is 9.59 Å². The molecule has 3 rings (SSSR count). The predicted molar refractivity (Wildman–Crippen MR) is 108 cm³/mol. The quantitative estimate of drug-likeness (QED) is 0.665. The van der Waals surface area contributed by atoms with Crippen LogP contribution in [0.1, 0.15) is 29.3 Å². The zero-order valence-corrected chi connectivity index (χ0v) is 18.2. The largest absolute Gasteiger partial charge is 0.573 e. The van der Waals surface area contributed by atoms with Crippen molar-refractivity contribution in [3.8, 4) is 11.5 Å².